The van der Waals surface area contributed by atoms with Crippen LogP contribution in [0.3, 0.4) is 0 Å². The van der Waals surface area contributed by atoms with Crippen LogP contribution in [-0.4, -0.2) is 22.5 Å². The Balaban J connectivity index is 1.70. The van der Waals surface area contributed by atoms with Crippen molar-refractivity contribution < 1.29 is 4.79 Å². The van der Waals surface area contributed by atoms with Gasteiger partial charge in [0.1, 0.15) is 0 Å². The SMILES string of the molecule is Cc1ccc([C@H]2CCCN2C(=O)NCc2c(C)cc(C)[nH]c2=O)cc1. The van der Waals surface area contributed by atoms with Crippen molar-refractivity contribution in [2.24, 2.45) is 0 Å². The smallest absolute Gasteiger partial charge is 0.318 e. The Labute approximate surface area is 148 Å². The monoisotopic (exact) mass is 339 g/mol. The zero-order valence-corrected chi connectivity index (χ0v) is 15.1. The third kappa shape index (κ3) is 3.76. The van der Waals surface area contributed by atoms with Crippen LogP contribution >= 0.6 is 0 Å². The molecular formula is C20H25N3O2. The van der Waals surface area contributed by atoms with Gasteiger partial charge in [0.05, 0.1) is 12.6 Å². The molecule has 0 aliphatic carbocycles. The van der Waals surface area contributed by atoms with Gasteiger partial charge in [-0.15, -0.1) is 0 Å². The van der Waals surface area contributed by atoms with Crippen molar-refractivity contribution in [2.75, 3.05) is 6.54 Å². The van der Waals surface area contributed by atoms with Gasteiger partial charge in [0.25, 0.3) is 5.56 Å². The second-order valence-corrected chi connectivity index (χ2v) is 6.86. The average Bonchev–Trinajstić information content (AvgIpc) is 3.04. The minimum Gasteiger partial charge on any atom is -0.334 e. The molecular weight excluding hydrogens is 314 g/mol. The molecule has 5 heteroatoms. The van der Waals surface area contributed by atoms with Crippen LogP contribution in [0.4, 0.5) is 4.79 Å². The minimum atomic E-state index is -0.130. The summed E-state index contributed by atoms with van der Waals surface area (Å²) in [4.78, 5) is 29.4. The van der Waals surface area contributed by atoms with E-state index < -0.39 is 0 Å². The Bertz CT molecular complexity index is 824. The summed E-state index contributed by atoms with van der Waals surface area (Å²) in [5.74, 6) is 0. The fraction of sp³-hybridized carbons (Fsp3) is 0.400. The van der Waals surface area contributed by atoms with E-state index in [1.54, 1.807) is 0 Å². The number of likely N-dealkylation sites (tertiary alicyclic amines) is 1. The van der Waals surface area contributed by atoms with E-state index in [1.165, 1.54) is 11.1 Å². The largest absolute Gasteiger partial charge is 0.334 e. The number of hydrogen-bond donors (Lipinski definition) is 2. The highest BCUT2D eigenvalue weighted by molar-refractivity contribution is 5.75. The number of nitrogens with zero attached hydrogens (tertiary/aromatic N) is 1. The number of pyridine rings is 1. The van der Waals surface area contributed by atoms with E-state index in [9.17, 15) is 9.59 Å². The average molecular weight is 339 g/mol. The van der Waals surface area contributed by atoms with Crippen LogP contribution in [0.15, 0.2) is 35.1 Å². The number of H-pyrrole nitrogens is 1. The van der Waals surface area contributed by atoms with Crippen LogP contribution in [-0.2, 0) is 6.54 Å². The van der Waals surface area contributed by atoms with Crippen molar-refractivity contribution in [3.05, 3.63) is 68.6 Å². The molecule has 1 atom stereocenters. The maximum absolute atomic E-state index is 12.7. The van der Waals surface area contributed by atoms with E-state index in [-0.39, 0.29) is 24.2 Å². The van der Waals surface area contributed by atoms with Crippen molar-refractivity contribution in [3.63, 3.8) is 0 Å². The van der Waals surface area contributed by atoms with Crippen molar-refractivity contribution >= 4 is 6.03 Å². The van der Waals surface area contributed by atoms with E-state index in [0.29, 0.717) is 5.56 Å². The number of amides is 2. The molecule has 2 heterocycles. The third-order valence-electron chi connectivity index (χ3n) is 4.89. The molecule has 1 aliphatic rings. The van der Waals surface area contributed by atoms with Gasteiger partial charge >= 0.3 is 6.03 Å². The Kier molecular flexibility index (Phi) is 4.93. The van der Waals surface area contributed by atoms with Crippen LogP contribution in [0.25, 0.3) is 0 Å². The van der Waals surface area contributed by atoms with Gasteiger partial charge in [0, 0.05) is 17.8 Å². The topological polar surface area (TPSA) is 65.2 Å². The van der Waals surface area contributed by atoms with Crippen molar-refractivity contribution in [1.29, 1.82) is 0 Å². The van der Waals surface area contributed by atoms with Crippen molar-refractivity contribution in [2.45, 2.75) is 46.2 Å². The molecule has 0 saturated carbocycles. The summed E-state index contributed by atoms with van der Waals surface area (Å²) >= 11 is 0. The molecule has 1 saturated heterocycles. The number of carbonyl (C=O) groups is 1. The maximum atomic E-state index is 12.7. The van der Waals surface area contributed by atoms with Crippen LogP contribution < -0.4 is 10.9 Å². The van der Waals surface area contributed by atoms with Gasteiger partial charge in [-0.1, -0.05) is 29.8 Å². The van der Waals surface area contributed by atoms with Crippen LogP contribution in [0.2, 0.25) is 0 Å². The van der Waals surface area contributed by atoms with Gasteiger partial charge in [0.2, 0.25) is 0 Å². The number of hydrogen-bond acceptors (Lipinski definition) is 2. The molecule has 2 N–H and O–H groups in total. The van der Waals surface area contributed by atoms with Crippen LogP contribution in [0, 0.1) is 20.8 Å². The van der Waals surface area contributed by atoms with E-state index in [4.69, 9.17) is 0 Å². The lowest BCUT2D eigenvalue weighted by atomic mass is 10.0. The van der Waals surface area contributed by atoms with Gasteiger partial charge in [0.15, 0.2) is 0 Å². The Morgan fingerprint density at radius 1 is 1.24 bits per heavy atom. The predicted octanol–water partition coefficient (Wildman–Crippen LogP) is 3.35. The summed E-state index contributed by atoms with van der Waals surface area (Å²) in [6.45, 7) is 6.80. The summed E-state index contributed by atoms with van der Waals surface area (Å²) < 4.78 is 0. The first kappa shape index (κ1) is 17.3. The number of urea groups is 1. The normalized spacial score (nSPS) is 16.9. The molecule has 1 aromatic heterocycles. The van der Waals surface area contributed by atoms with Gasteiger partial charge in [-0.05, 0) is 50.8 Å². The Hall–Kier alpha value is -2.56. The lowest BCUT2D eigenvalue weighted by Crippen LogP contribution is -2.40. The minimum absolute atomic E-state index is 0.109. The van der Waals surface area contributed by atoms with Gasteiger partial charge in [-0.25, -0.2) is 4.79 Å². The third-order valence-corrected chi connectivity index (χ3v) is 4.89. The van der Waals surface area contributed by atoms with Gasteiger partial charge in [-0.3, -0.25) is 4.79 Å². The maximum Gasteiger partial charge on any atom is 0.318 e. The molecule has 132 valence electrons. The summed E-state index contributed by atoms with van der Waals surface area (Å²) in [5, 5.41) is 2.92. The highest BCUT2D eigenvalue weighted by atomic mass is 16.2. The lowest BCUT2D eigenvalue weighted by molar-refractivity contribution is 0.192. The van der Waals surface area contributed by atoms with Gasteiger partial charge in [-0.2, -0.15) is 0 Å². The predicted molar refractivity (Wildman–Crippen MR) is 98.6 cm³/mol. The summed E-state index contributed by atoms with van der Waals surface area (Å²) in [7, 11) is 0. The second-order valence-electron chi connectivity index (χ2n) is 6.86. The fourth-order valence-electron chi connectivity index (χ4n) is 3.51. The number of aryl methyl sites for hydroxylation is 3. The van der Waals surface area contributed by atoms with E-state index >= 15 is 0 Å². The molecule has 1 fully saturated rings. The highest BCUT2D eigenvalue weighted by Crippen LogP contribution is 2.31. The molecule has 0 unspecified atom stereocenters. The van der Waals surface area contributed by atoms with Crippen molar-refractivity contribution in [1.82, 2.24) is 15.2 Å². The lowest BCUT2D eigenvalue weighted by Gasteiger charge is -2.25. The number of rotatable bonds is 3. The van der Waals surface area contributed by atoms with E-state index in [0.717, 1.165) is 30.6 Å². The van der Waals surface area contributed by atoms with E-state index in [1.807, 2.05) is 24.8 Å². The number of aromatic nitrogens is 1. The zero-order chi connectivity index (χ0) is 18.0. The molecule has 3 rings (SSSR count). The molecule has 0 radical (unpaired) electrons. The second kappa shape index (κ2) is 7.13. The molecule has 2 amide bonds. The number of aromatic amines is 1. The standard InChI is InChI=1S/C20H25N3O2/c1-13-6-8-16(9-7-13)18-5-4-10-23(18)20(25)21-12-17-14(2)11-15(3)22-19(17)24/h6-9,11,18H,4-5,10,12H2,1-3H3,(H,21,25)(H,22,24)/t18-/m1/s1. The molecule has 1 aromatic carbocycles. The first-order valence-corrected chi connectivity index (χ1v) is 8.76. The number of carbonyl (C=O) groups excluding carboxylic acids is 1. The summed E-state index contributed by atoms with van der Waals surface area (Å²) in [5.41, 5.74) is 4.60. The van der Waals surface area contributed by atoms with Crippen molar-refractivity contribution in [3.8, 4) is 0 Å². The highest BCUT2D eigenvalue weighted by Gasteiger charge is 2.29. The van der Waals surface area contributed by atoms with Gasteiger partial charge < -0.3 is 15.2 Å². The first-order valence-electron chi connectivity index (χ1n) is 8.76. The molecule has 0 bridgehead atoms. The summed E-state index contributed by atoms with van der Waals surface area (Å²) in [6, 6.07) is 10.3. The molecule has 2 aromatic rings. The van der Waals surface area contributed by atoms with E-state index in [2.05, 4.69) is 41.5 Å². The van der Waals surface area contributed by atoms with Crippen LogP contribution in [0.5, 0.6) is 0 Å². The quantitative estimate of drug-likeness (QED) is 0.901. The number of benzene rings is 1. The fourth-order valence-corrected chi connectivity index (χ4v) is 3.51. The first-order chi connectivity index (χ1) is 12.0. The molecule has 1 aliphatic heterocycles. The Morgan fingerprint density at radius 2 is 1.96 bits per heavy atom. The Morgan fingerprint density at radius 3 is 2.64 bits per heavy atom. The molecule has 25 heavy (non-hydrogen) atoms. The molecule has 0 spiro atoms. The molecule has 5 nitrogen and oxygen atoms in total. The van der Waals surface area contributed by atoms with Crippen LogP contribution in [0.1, 0.15) is 46.8 Å². The number of nitrogens with one attached hydrogen (secondary N) is 2. The zero-order valence-electron chi connectivity index (χ0n) is 15.1. The summed E-state index contributed by atoms with van der Waals surface area (Å²) in [6.07, 6.45) is 1.97.